The lowest BCUT2D eigenvalue weighted by Gasteiger charge is -2.09. The van der Waals surface area contributed by atoms with Crippen LogP contribution in [0.25, 0.3) is 0 Å². The summed E-state index contributed by atoms with van der Waals surface area (Å²) in [4.78, 5) is 0.243. The fraction of sp³-hybridized carbons (Fsp3) is 0.200. The van der Waals surface area contributed by atoms with Crippen LogP contribution in [0.15, 0.2) is 53.4 Å². The second-order valence-corrected chi connectivity index (χ2v) is 6.49. The molecule has 0 bridgehead atoms. The molecule has 0 aliphatic rings. The SMILES string of the molecule is COc1ccc(S(=O)(=O)CCOc2ccccc2N)cc1. The van der Waals surface area contributed by atoms with E-state index in [2.05, 4.69) is 0 Å². The molecule has 0 spiro atoms. The number of nitrogen functional groups attached to an aromatic ring is 1. The Labute approximate surface area is 124 Å². The minimum atomic E-state index is -3.39. The van der Waals surface area contributed by atoms with Crippen LogP contribution >= 0.6 is 0 Å². The number of para-hydroxylation sites is 2. The van der Waals surface area contributed by atoms with Crippen LogP contribution in [-0.4, -0.2) is 27.9 Å². The second-order valence-electron chi connectivity index (χ2n) is 4.38. The summed E-state index contributed by atoms with van der Waals surface area (Å²) in [5.41, 5.74) is 6.21. The first-order valence-electron chi connectivity index (χ1n) is 6.37. The Hall–Kier alpha value is -2.21. The number of benzene rings is 2. The Balaban J connectivity index is 1.99. The van der Waals surface area contributed by atoms with Crippen LogP contribution in [-0.2, 0) is 9.84 Å². The minimum absolute atomic E-state index is 0.0442. The van der Waals surface area contributed by atoms with Crippen molar-refractivity contribution < 1.29 is 17.9 Å². The third kappa shape index (κ3) is 3.88. The largest absolute Gasteiger partial charge is 0.497 e. The summed E-state index contributed by atoms with van der Waals surface area (Å²) in [6.07, 6.45) is 0. The van der Waals surface area contributed by atoms with Gasteiger partial charge in [0.2, 0.25) is 0 Å². The molecule has 2 aromatic rings. The van der Waals surface area contributed by atoms with Gasteiger partial charge in [0.15, 0.2) is 9.84 Å². The number of nitrogens with two attached hydrogens (primary N) is 1. The Kier molecular flexibility index (Phi) is 4.70. The zero-order valence-corrected chi connectivity index (χ0v) is 12.5. The summed E-state index contributed by atoms with van der Waals surface area (Å²) in [5.74, 6) is 0.984. The van der Waals surface area contributed by atoms with Gasteiger partial charge in [-0.1, -0.05) is 12.1 Å². The van der Waals surface area contributed by atoms with Crippen molar-refractivity contribution >= 4 is 15.5 Å². The van der Waals surface area contributed by atoms with Crippen molar-refractivity contribution in [2.75, 3.05) is 25.2 Å². The topological polar surface area (TPSA) is 78.6 Å². The van der Waals surface area contributed by atoms with E-state index >= 15 is 0 Å². The van der Waals surface area contributed by atoms with Gasteiger partial charge in [0, 0.05) is 0 Å². The summed E-state index contributed by atoms with van der Waals surface area (Å²) in [7, 11) is -1.86. The first-order chi connectivity index (χ1) is 10.0. The Morgan fingerprint density at radius 2 is 1.71 bits per heavy atom. The van der Waals surface area contributed by atoms with Gasteiger partial charge in [0.05, 0.1) is 23.4 Å². The van der Waals surface area contributed by atoms with Crippen molar-refractivity contribution in [3.8, 4) is 11.5 Å². The average Bonchev–Trinajstić information content (AvgIpc) is 2.49. The predicted octanol–water partition coefficient (Wildman–Crippen LogP) is 2.13. The number of hydrogen-bond acceptors (Lipinski definition) is 5. The maximum atomic E-state index is 12.2. The molecule has 5 nitrogen and oxygen atoms in total. The molecule has 6 heteroatoms. The maximum Gasteiger partial charge on any atom is 0.181 e. The number of methoxy groups -OCH3 is 1. The Morgan fingerprint density at radius 1 is 1.05 bits per heavy atom. The van der Waals surface area contributed by atoms with E-state index in [9.17, 15) is 8.42 Å². The quantitative estimate of drug-likeness (QED) is 0.827. The van der Waals surface area contributed by atoms with Gasteiger partial charge in [-0.25, -0.2) is 8.42 Å². The minimum Gasteiger partial charge on any atom is -0.497 e. The smallest absolute Gasteiger partial charge is 0.181 e. The van der Waals surface area contributed by atoms with Gasteiger partial charge in [-0.3, -0.25) is 0 Å². The van der Waals surface area contributed by atoms with Gasteiger partial charge in [-0.2, -0.15) is 0 Å². The molecule has 0 atom stereocenters. The van der Waals surface area contributed by atoms with E-state index in [1.54, 1.807) is 36.4 Å². The molecule has 0 heterocycles. The lowest BCUT2D eigenvalue weighted by Crippen LogP contribution is -2.14. The molecule has 0 saturated heterocycles. The zero-order chi connectivity index (χ0) is 15.3. The van der Waals surface area contributed by atoms with Crippen LogP contribution in [0, 0.1) is 0 Å². The highest BCUT2D eigenvalue weighted by Crippen LogP contribution is 2.20. The molecule has 0 aromatic heterocycles. The second kappa shape index (κ2) is 6.49. The lowest BCUT2D eigenvalue weighted by atomic mass is 10.3. The van der Waals surface area contributed by atoms with Crippen molar-refractivity contribution in [3.05, 3.63) is 48.5 Å². The Morgan fingerprint density at radius 3 is 2.33 bits per heavy atom. The predicted molar refractivity (Wildman–Crippen MR) is 81.4 cm³/mol. The summed E-state index contributed by atoms with van der Waals surface area (Å²) in [5, 5.41) is 0. The summed E-state index contributed by atoms with van der Waals surface area (Å²) in [6, 6.07) is 13.2. The third-order valence-electron chi connectivity index (χ3n) is 2.95. The van der Waals surface area contributed by atoms with Crippen LogP contribution in [0.3, 0.4) is 0 Å². The molecule has 21 heavy (non-hydrogen) atoms. The van der Waals surface area contributed by atoms with Crippen molar-refractivity contribution in [1.82, 2.24) is 0 Å². The number of hydrogen-bond donors (Lipinski definition) is 1. The highest BCUT2D eigenvalue weighted by atomic mass is 32.2. The van der Waals surface area contributed by atoms with Gasteiger partial charge in [0.25, 0.3) is 0 Å². The lowest BCUT2D eigenvalue weighted by molar-refractivity contribution is 0.342. The molecule has 0 unspecified atom stereocenters. The van der Waals surface area contributed by atoms with Gasteiger partial charge in [-0.15, -0.1) is 0 Å². The van der Waals surface area contributed by atoms with Crippen molar-refractivity contribution in [2.45, 2.75) is 4.90 Å². The molecule has 0 fully saturated rings. The zero-order valence-electron chi connectivity index (χ0n) is 11.7. The number of ether oxygens (including phenoxy) is 2. The average molecular weight is 307 g/mol. The summed E-state index contributed by atoms with van der Waals surface area (Å²) < 4.78 is 34.7. The summed E-state index contributed by atoms with van der Waals surface area (Å²) >= 11 is 0. The van der Waals surface area contributed by atoms with Crippen molar-refractivity contribution in [2.24, 2.45) is 0 Å². The van der Waals surface area contributed by atoms with Crippen LogP contribution in [0.5, 0.6) is 11.5 Å². The molecule has 0 aliphatic heterocycles. The van der Waals surface area contributed by atoms with E-state index in [1.807, 2.05) is 0 Å². The van der Waals surface area contributed by atoms with Crippen LogP contribution in [0.2, 0.25) is 0 Å². The molecule has 2 N–H and O–H groups in total. The Bertz CT molecular complexity index is 696. The van der Waals surface area contributed by atoms with Crippen molar-refractivity contribution in [3.63, 3.8) is 0 Å². The van der Waals surface area contributed by atoms with E-state index in [0.29, 0.717) is 17.2 Å². The van der Waals surface area contributed by atoms with Gasteiger partial charge < -0.3 is 15.2 Å². The molecule has 0 saturated carbocycles. The molecule has 0 aliphatic carbocycles. The van der Waals surface area contributed by atoms with E-state index in [0.717, 1.165) is 0 Å². The first-order valence-corrected chi connectivity index (χ1v) is 8.02. The third-order valence-corrected chi connectivity index (χ3v) is 4.64. The van der Waals surface area contributed by atoms with Crippen LogP contribution in [0.4, 0.5) is 5.69 Å². The monoisotopic (exact) mass is 307 g/mol. The van der Waals surface area contributed by atoms with E-state index < -0.39 is 9.84 Å². The molecular weight excluding hydrogens is 290 g/mol. The molecule has 112 valence electrons. The van der Waals surface area contributed by atoms with E-state index in [4.69, 9.17) is 15.2 Å². The van der Waals surface area contributed by atoms with Crippen molar-refractivity contribution in [1.29, 1.82) is 0 Å². The number of anilines is 1. The highest BCUT2D eigenvalue weighted by molar-refractivity contribution is 7.91. The van der Waals surface area contributed by atoms with Gasteiger partial charge >= 0.3 is 0 Å². The normalized spacial score (nSPS) is 11.1. The molecule has 2 aromatic carbocycles. The fourth-order valence-electron chi connectivity index (χ4n) is 1.77. The molecule has 0 amide bonds. The number of rotatable bonds is 6. The van der Waals surface area contributed by atoms with Crippen LogP contribution < -0.4 is 15.2 Å². The highest BCUT2D eigenvalue weighted by Gasteiger charge is 2.14. The van der Waals surface area contributed by atoms with Gasteiger partial charge in [-0.05, 0) is 36.4 Å². The molecule has 2 rings (SSSR count). The standard InChI is InChI=1S/C15H17NO4S/c1-19-12-6-8-13(9-7-12)21(17,18)11-10-20-15-5-3-2-4-14(15)16/h2-9H,10-11,16H2,1H3. The van der Waals surface area contributed by atoms with Crippen LogP contribution in [0.1, 0.15) is 0 Å². The fourth-order valence-corrected chi connectivity index (χ4v) is 2.86. The first kappa shape index (κ1) is 15.2. The van der Waals surface area contributed by atoms with Gasteiger partial charge in [0.1, 0.15) is 18.1 Å². The van der Waals surface area contributed by atoms with E-state index in [1.165, 1.54) is 19.2 Å². The maximum absolute atomic E-state index is 12.2. The molecule has 0 radical (unpaired) electrons. The number of sulfone groups is 1. The summed E-state index contributed by atoms with van der Waals surface area (Å²) in [6.45, 7) is 0.0442. The molecular formula is C15H17NO4S. The van der Waals surface area contributed by atoms with E-state index in [-0.39, 0.29) is 17.3 Å².